The molecular formula is C22H26N4O3S. The number of aromatic nitrogens is 2. The van der Waals surface area contributed by atoms with E-state index >= 15 is 0 Å². The van der Waals surface area contributed by atoms with E-state index in [4.69, 9.17) is 15.2 Å². The zero-order chi connectivity index (χ0) is 21.5. The Bertz CT molecular complexity index is 975. The van der Waals surface area contributed by atoms with Crippen LogP contribution in [0.3, 0.4) is 0 Å². The summed E-state index contributed by atoms with van der Waals surface area (Å²) in [6, 6.07) is 13.8. The highest BCUT2D eigenvalue weighted by molar-refractivity contribution is 7.09. The van der Waals surface area contributed by atoms with Gasteiger partial charge in [0, 0.05) is 35.1 Å². The molecule has 158 valence electrons. The van der Waals surface area contributed by atoms with Crippen molar-refractivity contribution in [1.29, 1.82) is 0 Å². The third kappa shape index (κ3) is 5.14. The molecule has 0 radical (unpaired) electrons. The molecule has 0 saturated carbocycles. The number of ketones is 1. The van der Waals surface area contributed by atoms with Crippen LogP contribution in [0.5, 0.6) is 11.5 Å². The van der Waals surface area contributed by atoms with Gasteiger partial charge in [0.2, 0.25) is 5.13 Å². The van der Waals surface area contributed by atoms with E-state index in [1.165, 1.54) is 11.5 Å². The summed E-state index contributed by atoms with van der Waals surface area (Å²) in [6.45, 7) is 1.95. The van der Waals surface area contributed by atoms with Crippen LogP contribution >= 0.6 is 11.5 Å². The molecule has 2 atom stereocenters. The van der Waals surface area contributed by atoms with E-state index in [0.29, 0.717) is 35.1 Å². The van der Waals surface area contributed by atoms with Crippen LogP contribution in [0.1, 0.15) is 35.1 Å². The van der Waals surface area contributed by atoms with Crippen molar-refractivity contribution in [2.45, 2.75) is 31.8 Å². The first-order valence-corrected chi connectivity index (χ1v) is 10.5. The molecule has 0 amide bonds. The largest absolute Gasteiger partial charge is 0.497 e. The fourth-order valence-electron chi connectivity index (χ4n) is 3.07. The Balaban J connectivity index is 1.76. The van der Waals surface area contributed by atoms with Crippen molar-refractivity contribution >= 4 is 22.4 Å². The molecule has 3 N–H and O–H groups in total. The highest BCUT2D eigenvalue weighted by atomic mass is 32.1. The number of para-hydroxylation sites is 1. The van der Waals surface area contributed by atoms with Crippen molar-refractivity contribution < 1.29 is 14.3 Å². The SMILES string of the molecule is CCC(N)C(Nc1nc(Cc2ccccc2OC)ns1)C(=O)c1ccc(OC)cc1. The first-order chi connectivity index (χ1) is 14.5. The van der Waals surface area contributed by atoms with Crippen molar-refractivity contribution in [2.75, 3.05) is 19.5 Å². The first-order valence-electron chi connectivity index (χ1n) is 9.70. The van der Waals surface area contributed by atoms with Crippen LogP contribution in [-0.2, 0) is 6.42 Å². The number of rotatable bonds is 10. The number of anilines is 1. The zero-order valence-corrected chi connectivity index (χ0v) is 18.1. The zero-order valence-electron chi connectivity index (χ0n) is 17.3. The molecule has 1 heterocycles. The second kappa shape index (κ2) is 10.2. The molecule has 8 heteroatoms. The van der Waals surface area contributed by atoms with Crippen LogP contribution in [0.2, 0.25) is 0 Å². The normalized spacial score (nSPS) is 12.8. The number of benzene rings is 2. The molecule has 0 aliphatic carbocycles. The number of Topliss-reactive ketones (excluding diaryl/α,β-unsaturated/α-hetero) is 1. The molecule has 0 saturated heterocycles. The summed E-state index contributed by atoms with van der Waals surface area (Å²) >= 11 is 1.22. The molecule has 30 heavy (non-hydrogen) atoms. The minimum atomic E-state index is -0.601. The number of nitrogens with one attached hydrogen (secondary N) is 1. The first kappa shape index (κ1) is 21.7. The van der Waals surface area contributed by atoms with Gasteiger partial charge in [-0.2, -0.15) is 4.37 Å². The van der Waals surface area contributed by atoms with Crippen LogP contribution in [0.15, 0.2) is 48.5 Å². The Morgan fingerprint density at radius 3 is 2.53 bits per heavy atom. The Kier molecular flexibility index (Phi) is 7.37. The third-order valence-corrected chi connectivity index (χ3v) is 5.53. The van der Waals surface area contributed by atoms with E-state index in [0.717, 1.165) is 11.3 Å². The van der Waals surface area contributed by atoms with E-state index in [1.807, 2.05) is 31.2 Å². The van der Waals surface area contributed by atoms with Crippen LogP contribution < -0.4 is 20.5 Å². The van der Waals surface area contributed by atoms with E-state index < -0.39 is 6.04 Å². The molecule has 0 bridgehead atoms. The van der Waals surface area contributed by atoms with Crippen LogP contribution in [-0.4, -0.2) is 41.4 Å². The summed E-state index contributed by atoms with van der Waals surface area (Å²) in [7, 11) is 3.23. The summed E-state index contributed by atoms with van der Waals surface area (Å²) in [6.07, 6.45) is 1.19. The smallest absolute Gasteiger partial charge is 0.203 e. The van der Waals surface area contributed by atoms with E-state index in [2.05, 4.69) is 14.7 Å². The summed E-state index contributed by atoms with van der Waals surface area (Å²) < 4.78 is 15.0. The number of nitrogens with zero attached hydrogens (tertiary/aromatic N) is 2. The molecule has 0 aliphatic rings. The number of carbonyl (C=O) groups is 1. The summed E-state index contributed by atoms with van der Waals surface area (Å²) in [4.78, 5) is 17.6. The van der Waals surface area contributed by atoms with E-state index in [1.54, 1.807) is 38.5 Å². The molecule has 3 rings (SSSR count). The number of nitrogens with two attached hydrogens (primary N) is 1. The van der Waals surface area contributed by atoms with Crippen molar-refractivity contribution in [3.8, 4) is 11.5 Å². The maximum Gasteiger partial charge on any atom is 0.203 e. The maximum atomic E-state index is 13.1. The molecule has 0 spiro atoms. The topological polar surface area (TPSA) is 99.4 Å². The highest BCUT2D eigenvalue weighted by Crippen LogP contribution is 2.23. The monoisotopic (exact) mass is 426 g/mol. The van der Waals surface area contributed by atoms with Gasteiger partial charge in [-0.1, -0.05) is 25.1 Å². The van der Waals surface area contributed by atoms with Gasteiger partial charge in [0.05, 0.1) is 14.2 Å². The lowest BCUT2D eigenvalue weighted by molar-refractivity contribution is 0.0958. The van der Waals surface area contributed by atoms with Crippen LogP contribution in [0.4, 0.5) is 5.13 Å². The van der Waals surface area contributed by atoms with Gasteiger partial charge < -0.3 is 20.5 Å². The molecule has 3 aromatic rings. The Morgan fingerprint density at radius 2 is 1.87 bits per heavy atom. The standard InChI is InChI=1S/C22H26N4O3S/c1-4-17(23)20(21(27)14-9-11-16(28-2)12-10-14)25-22-24-19(26-30-22)13-15-7-5-6-8-18(15)29-3/h5-12,17,20H,4,13,23H2,1-3H3,(H,24,25,26). The van der Waals surface area contributed by atoms with Gasteiger partial charge in [-0.3, -0.25) is 4.79 Å². The van der Waals surface area contributed by atoms with Crippen molar-refractivity contribution in [3.63, 3.8) is 0 Å². The van der Waals surface area contributed by atoms with E-state index in [9.17, 15) is 4.79 Å². The second-order valence-corrected chi connectivity index (χ2v) is 7.54. The molecule has 0 fully saturated rings. The van der Waals surface area contributed by atoms with Crippen molar-refractivity contribution in [3.05, 3.63) is 65.5 Å². The van der Waals surface area contributed by atoms with Crippen molar-refractivity contribution in [2.24, 2.45) is 5.73 Å². The van der Waals surface area contributed by atoms with Crippen LogP contribution in [0, 0.1) is 0 Å². The Labute approximate surface area is 180 Å². The highest BCUT2D eigenvalue weighted by Gasteiger charge is 2.27. The molecular weight excluding hydrogens is 400 g/mol. The predicted octanol–water partition coefficient (Wildman–Crippen LogP) is 3.55. The van der Waals surface area contributed by atoms with Crippen LogP contribution in [0.25, 0.3) is 0 Å². The Morgan fingerprint density at radius 1 is 1.13 bits per heavy atom. The minimum absolute atomic E-state index is 0.0894. The average Bonchev–Trinajstić information content (AvgIpc) is 3.23. The summed E-state index contributed by atoms with van der Waals surface area (Å²) in [5, 5.41) is 3.76. The third-order valence-electron chi connectivity index (χ3n) is 4.84. The Hall–Kier alpha value is -2.97. The van der Waals surface area contributed by atoms with Gasteiger partial charge in [0.15, 0.2) is 5.78 Å². The number of ether oxygens (including phenoxy) is 2. The van der Waals surface area contributed by atoms with Crippen molar-refractivity contribution in [1.82, 2.24) is 9.36 Å². The van der Waals surface area contributed by atoms with E-state index in [-0.39, 0.29) is 11.8 Å². The quantitative estimate of drug-likeness (QED) is 0.478. The van der Waals surface area contributed by atoms with Gasteiger partial charge >= 0.3 is 0 Å². The molecule has 7 nitrogen and oxygen atoms in total. The number of methoxy groups -OCH3 is 2. The lowest BCUT2D eigenvalue weighted by Crippen LogP contribution is -2.45. The van der Waals surface area contributed by atoms with Gasteiger partial charge in [0.1, 0.15) is 23.4 Å². The number of hydrogen-bond donors (Lipinski definition) is 2. The average molecular weight is 427 g/mol. The number of carbonyl (C=O) groups excluding carboxylic acids is 1. The van der Waals surface area contributed by atoms with Gasteiger partial charge in [-0.05, 0) is 36.8 Å². The maximum absolute atomic E-state index is 13.1. The lowest BCUT2D eigenvalue weighted by Gasteiger charge is -2.22. The minimum Gasteiger partial charge on any atom is -0.497 e. The molecule has 2 aromatic carbocycles. The fourth-order valence-corrected chi connectivity index (χ4v) is 3.70. The lowest BCUT2D eigenvalue weighted by atomic mass is 9.97. The summed E-state index contributed by atoms with van der Waals surface area (Å²) in [5.74, 6) is 2.06. The van der Waals surface area contributed by atoms with Gasteiger partial charge in [-0.25, -0.2) is 4.98 Å². The van der Waals surface area contributed by atoms with Gasteiger partial charge in [0.25, 0.3) is 0 Å². The number of hydrogen-bond acceptors (Lipinski definition) is 8. The second-order valence-electron chi connectivity index (χ2n) is 6.79. The predicted molar refractivity (Wildman–Crippen MR) is 119 cm³/mol. The summed E-state index contributed by atoms with van der Waals surface area (Å²) in [5.41, 5.74) is 7.83. The fraction of sp³-hybridized carbons (Fsp3) is 0.318. The molecule has 0 aliphatic heterocycles. The molecule has 1 aromatic heterocycles. The van der Waals surface area contributed by atoms with Gasteiger partial charge in [-0.15, -0.1) is 0 Å². The molecule has 2 unspecified atom stereocenters.